The molecule has 1 aliphatic heterocycles. The highest BCUT2D eigenvalue weighted by Crippen LogP contribution is 2.24. The molecule has 2 rings (SSSR count). The largest absolute Gasteiger partial charge is 0.444 e. The number of hydrogen-bond acceptors (Lipinski definition) is 3. The van der Waals surface area contributed by atoms with Gasteiger partial charge in [0, 0.05) is 24.6 Å². The normalized spacial score (nSPS) is 18.7. The molecule has 23 heavy (non-hydrogen) atoms. The Morgan fingerprint density at radius 3 is 2.65 bits per heavy atom. The van der Waals surface area contributed by atoms with Crippen molar-refractivity contribution in [3.63, 3.8) is 0 Å². The zero-order valence-electron chi connectivity index (χ0n) is 14.2. The van der Waals surface area contributed by atoms with E-state index >= 15 is 0 Å². The maximum Gasteiger partial charge on any atom is 0.410 e. The molecule has 1 aliphatic rings. The van der Waals surface area contributed by atoms with Gasteiger partial charge in [0.25, 0.3) is 0 Å². The summed E-state index contributed by atoms with van der Waals surface area (Å²) < 4.78 is 18.8. The van der Waals surface area contributed by atoms with Gasteiger partial charge in [-0.05, 0) is 58.2 Å². The van der Waals surface area contributed by atoms with Gasteiger partial charge in [-0.15, -0.1) is 0 Å². The van der Waals surface area contributed by atoms with Gasteiger partial charge in [-0.1, -0.05) is 6.07 Å². The summed E-state index contributed by atoms with van der Waals surface area (Å²) in [4.78, 5) is 26.4. The molecule has 126 valence electrons. The summed E-state index contributed by atoms with van der Waals surface area (Å²) in [5.74, 6) is -0.828. The summed E-state index contributed by atoms with van der Waals surface area (Å²) >= 11 is 0. The third-order valence-corrected chi connectivity index (χ3v) is 3.91. The van der Waals surface area contributed by atoms with Gasteiger partial charge in [0.2, 0.25) is 0 Å². The van der Waals surface area contributed by atoms with Crippen molar-refractivity contribution in [2.75, 3.05) is 13.1 Å². The Labute approximate surface area is 136 Å². The van der Waals surface area contributed by atoms with Crippen LogP contribution in [-0.2, 0) is 4.74 Å². The Hall–Kier alpha value is -1.91. The van der Waals surface area contributed by atoms with Crippen LogP contribution in [0, 0.1) is 18.7 Å². The van der Waals surface area contributed by atoms with Crippen LogP contribution >= 0.6 is 0 Å². The maximum absolute atomic E-state index is 13.4. The molecule has 5 heteroatoms. The first-order valence-corrected chi connectivity index (χ1v) is 7.95. The Morgan fingerprint density at radius 1 is 1.30 bits per heavy atom. The number of hydrogen-bond donors (Lipinski definition) is 0. The number of carbonyl (C=O) groups excluding carboxylic acids is 2. The molecule has 0 radical (unpaired) electrons. The highest BCUT2D eigenvalue weighted by molar-refractivity contribution is 5.99. The van der Waals surface area contributed by atoms with Crippen LogP contribution < -0.4 is 0 Å². The lowest BCUT2D eigenvalue weighted by Crippen LogP contribution is -2.44. The first-order chi connectivity index (χ1) is 10.7. The number of nitrogens with zero attached hydrogens (tertiary/aromatic N) is 1. The number of Topliss-reactive ketones (excluding diaryl/α,β-unsaturated/α-hetero) is 1. The minimum atomic E-state index is -0.562. The maximum atomic E-state index is 13.4. The minimum absolute atomic E-state index is 0.102. The molecule has 1 atom stereocenters. The predicted molar refractivity (Wildman–Crippen MR) is 86.0 cm³/mol. The van der Waals surface area contributed by atoms with Crippen molar-refractivity contribution in [3.05, 3.63) is 35.1 Å². The zero-order chi connectivity index (χ0) is 17.2. The van der Waals surface area contributed by atoms with Gasteiger partial charge in [0.1, 0.15) is 11.4 Å². The standard InChI is InChI=1S/C18H24FNO3/c1-12-7-8-14(19)10-15(12)16(21)13-6-5-9-20(11-13)17(22)23-18(2,3)4/h7-8,10,13H,5-6,9,11H2,1-4H3. The number of ketones is 1. The van der Waals surface area contributed by atoms with Gasteiger partial charge in [-0.25, -0.2) is 9.18 Å². The number of amides is 1. The van der Waals surface area contributed by atoms with Gasteiger partial charge < -0.3 is 9.64 Å². The molecule has 0 N–H and O–H groups in total. The Bertz CT molecular complexity index is 607. The van der Waals surface area contributed by atoms with Crippen molar-refractivity contribution in [1.29, 1.82) is 0 Å². The smallest absolute Gasteiger partial charge is 0.410 e. The van der Waals surface area contributed by atoms with Gasteiger partial charge in [0.05, 0.1) is 0 Å². The number of rotatable bonds is 2. The van der Waals surface area contributed by atoms with Crippen LogP contribution in [0.2, 0.25) is 0 Å². The second kappa shape index (κ2) is 6.69. The van der Waals surface area contributed by atoms with E-state index in [1.54, 1.807) is 17.9 Å². The molecule has 4 nitrogen and oxygen atoms in total. The van der Waals surface area contributed by atoms with Crippen LogP contribution in [0.25, 0.3) is 0 Å². The molecular formula is C18H24FNO3. The summed E-state index contributed by atoms with van der Waals surface area (Å²) in [6, 6.07) is 4.24. The molecule has 1 heterocycles. The zero-order valence-corrected chi connectivity index (χ0v) is 14.2. The summed E-state index contributed by atoms with van der Waals surface area (Å²) in [7, 11) is 0. The van der Waals surface area contributed by atoms with Crippen molar-refractivity contribution in [2.45, 2.75) is 46.1 Å². The number of halogens is 1. The molecule has 1 aromatic carbocycles. The van der Waals surface area contributed by atoms with Crippen LogP contribution in [0.1, 0.15) is 49.5 Å². The quantitative estimate of drug-likeness (QED) is 0.775. The second-order valence-corrected chi connectivity index (χ2v) is 7.09. The van der Waals surface area contributed by atoms with Gasteiger partial charge in [-0.3, -0.25) is 4.79 Å². The van der Waals surface area contributed by atoms with Gasteiger partial charge in [-0.2, -0.15) is 0 Å². The fourth-order valence-corrected chi connectivity index (χ4v) is 2.76. The van der Waals surface area contributed by atoms with Crippen molar-refractivity contribution in [3.8, 4) is 0 Å². The third-order valence-electron chi connectivity index (χ3n) is 3.91. The molecule has 1 saturated heterocycles. The van der Waals surface area contributed by atoms with Crippen molar-refractivity contribution in [2.24, 2.45) is 5.92 Å². The van der Waals surface area contributed by atoms with Crippen molar-refractivity contribution in [1.82, 2.24) is 4.90 Å². The molecule has 0 aliphatic carbocycles. The predicted octanol–water partition coefficient (Wildman–Crippen LogP) is 3.96. The molecule has 1 fully saturated rings. The summed E-state index contributed by atoms with van der Waals surface area (Å²) in [6.07, 6.45) is 1.05. The third kappa shape index (κ3) is 4.53. The highest BCUT2D eigenvalue weighted by atomic mass is 19.1. The summed E-state index contributed by atoms with van der Waals surface area (Å²) in [5.41, 5.74) is 0.597. The van der Waals surface area contributed by atoms with E-state index in [1.807, 2.05) is 20.8 Å². The summed E-state index contributed by atoms with van der Waals surface area (Å²) in [6.45, 7) is 8.14. The topological polar surface area (TPSA) is 46.6 Å². The van der Waals surface area contributed by atoms with Gasteiger partial charge >= 0.3 is 6.09 Å². The van der Waals surface area contributed by atoms with E-state index in [1.165, 1.54) is 12.1 Å². The molecule has 1 amide bonds. The molecule has 0 saturated carbocycles. The number of carbonyl (C=O) groups is 2. The van der Waals surface area contributed by atoms with Crippen LogP contribution in [0.4, 0.5) is 9.18 Å². The first kappa shape index (κ1) is 17.4. The minimum Gasteiger partial charge on any atom is -0.444 e. The molecule has 0 spiro atoms. The Morgan fingerprint density at radius 2 is 2.00 bits per heavy atom. The van der Waals surface area contributed by atoms with Gasteiger partial charge in [0.15, 0.2) is 5.78 Å². The molecule has 1 aromatic rings. The molecule has 0 aromatic heterocycles. The van der Waals surface area contributed by atoms with E-state index in [2.05, 4.69) is 0 Å². The summed E-state index contributed by atoms with van der Waals surface area (Å²) in [5, 5.41) is 0. The number of aryl methyl sites for hydroxylation is 1. The van der Waals surface area contributed by atoms with E-state index in [9.17, 15) is 14.0 Å². The van der Waals surface area contributed by atoms with E-state index < -0.39 is 17.5 Å². The average molecular weight is 321 g/mol. The van der Waals surface area contributed by atoms with E-state index in [0.29, 0.717) is 25.1 Å². The van der Waals surface area contributed by atoms with E-state index in [0.717, 1.165) is 12.0 Å². The molecule has 1 unspecified atom stereocenters. The van der Waals surface area contributed by atoms with Crippen LogP contribution in [0.5, 0.6) is 0 Å². The van der Waals surface area contributed by atoms with Crippen molar-refractivity contribution >= 4 is 11.9 Å². The SMILES string of the molecule is Cc1ccc(F)cc1C(=O)C1CCCN(C(=O)OC(C)(C)C)C1. The fourth-order valence-electron chi connectivity index (χ4n) is 2.76. The number of benzene rings is 1. The lowest BCUT2D eigenvalue weighted by atomic mass is 9.88. The number of piperidine rings is 1. The lowest BCUT2D eigenvalue weighted by Gasteiger charge is -2.33. The molecular weight excluding hydrogens is 297 g/mol. The lowest BCUT2D eigenvalue weighted by molar-refractivity contribution is 0.0172. The van der Waals surface area contributed by atoms with Crippen LogP contribution in [0.15, 0.2) is 18.2 Å². The second-order valence-electron chi connectivity index (χ2n) is 7.09. The monoisotopic (exact) mass is 321 g/mol. The highest BCUT2D eigenvalue weighted by Gasteiger charge is 2.31. The van der Waals surface area contributed by atoms with E-state index in [-0.39, 0.29) is 11.7 Å². The Kier molecular flexibility index (Phi) is 5.07. The fraction of sp³-hybridized carbons (Fsp3) is 0.556. The van der Waals surface area contributed by atoms with Crippen molar-refractivity contribution < 1.29 is 18.7 Å². The number of ether oxygens (including phenoxy) is 1. The first-order valence-electron chi connectivity index (χ1n) is 7.95. The number of likely N-dealkylation sites (tertiary alicyclic amines) is 1. The Balaban J connectivity index is 2.10. The van der Waals surface area contributed by atoms with E-state index in [4.69, 9.17) is 4.74 Å². The van der Waals surface area contributed by atoms with Crippen LogP contribution in [0.3, 0.4) is 0 Å². The average Bonchev–Trinajstić information content (AvgIpc) is 2.47. The van der Waals surface area contributed by atoms with Crippen LogP contribution in [-0.4, -0.2) is 35.5 Å². The molecule has 0 bridgehead atoms.